The lowest BCUT2D eigenvalue weighted by molar-refractivity contribution is -0.137. The number of hydrogen-bond acceptors (Lipinski definition) is 6. The van der Waals surface area contributed by atoms with Crippen LogP contribution in [-0.2, 0) is 21.3 Å². The van der Waals surface area contributed by atoms with E-state index in [4.69, 9.17) is 14.6 Å². The molecule has 2 amide bonds. The van der Waals surface area contributed by atoms with Crippen LogP contribution in [0, 0.1) is 0 Å². The van der Waals surface area contributed by atoms with Crippen molar-refractivity contribution in [1.82, 2.24) is 14.7 Å². The molecule has 1 heterocycles. The number of nitrogens with zero attached hydrogens (tertiary/aromatic N) is 3. The summed E-state index contributed by atoms with van der Waals surface area (Å²) in [4.78, 5) is 38.0. The van der Waals surface area contributed by atoms with Crippen molar-refractivity contribution in [3.05, 3.63) is 71.4 Å². The third kappa shape index (κ3) is 5.17. The third-order valence-electron chi connectivity index (χ3n) is 5.80. The molecule has 10 nitrogen and oxygen atoms in total. The van der Waals surface area contributed by atoms with Crippen LogP contribution < -0.4 is 5.32 Å². The molecule has 1 aliphatic carbocycles. The normalized spacial score (nSPS) is 12.1. The van der Waals surface area contributed by atoms with Crippen LogP contribution >= 0.6 is 0 Å². The molecule has 0 unspecified atom stereocenters. The van der Waals surface area contributed by atoms with E-state index in [0.29, 0.717) is 0 Å². The van der Waals surface area contributed by atoms with E-state index in [-0.39, 0.29) is 37.1 Å². The molecule has 35 heavy (non-hydrogen) atoms. The Bertz CT molecular complexity index is 1210. The first-order valence-electron chi connectivity index (χ1n) is 11.0. The molecule has 0 fully saturated rings. The minimum Gasteiger partial charge on any atom is -0.480 e. The van der Waals surface area contributed by atoms with Crippen LogP contribution in [0.15, 0.2) is 54.7 Å². The number of ether oxygens (including phenoxy) is 2. The van der Waals surface area contributed by atoms with Gasteiger partial charge in [-0.05, 0) is 22.3 Å². The summed E-state index contributed by atoms with van der Waals surface area (Å²) in [6.45, 7) is -0.175. The molecule has 0 radical (unpaired) electrons. The van der Waals surface area contributed by atoms with E-state index in [1.807, 2.05) is 48.5 Å². The van der Waals surface area contributed by atoms with Gasteiger partial charge in [0.15, 0.2) is 5.82 Å². The zero-order chi connectivity index (χ0) is 24.9. The van der Waals surface area contributed by atoms with Gasteiger partial charge < -0.3 is 19.5 Å². The first kappa shape index (κ1) is 24.0. The molecule has 10 heteroatoms. The predicted octanol–water partition coefficient (Wildman–Crippen LogP) is 2.95. The maximum atomic E-state index is 13.0. The Morgan fingerprint density at radius 2 is 1.71 bits per heavy atom. The first-order chi connectivity index (χ1) is 16.9. The van der Waals surface area contributed by atoms with E-state index in [2.05, 4.69) is 10.4 Å². The lowest BCUT2D eigenvalue weighted by Gasteiger charge is -2.20. The van der Waals surface area contributed by atoms with Crippen molar-refractivity contribution in [3.63, 3.8) is 0 Å². The second kappa shape index (κ2) is 10.4. The molecule has 0 bridgehead atoms. The zero-order valence-electron chi connectivity index (χ0n) is 19.4. The Kier molecular flexibility index (Phi) is 7.11. The summed E-state index contributed by atoms with van der Waals surface area (Å²) in [6.07, 6.45) is 0.657. The molecule has 1 aliphatic rings. The smallest absolute Gasteiger partial charge is 0.412 e. The molecule has 0 saturated carbocycles. The van der Waals surface area contributed by atoms with E-state index in [1.54, 1.807) is 7.05 Å². The third-order valence-corrected chi connectivity index (χ3v) is 5.80. The van der Waals surface area contributed by atoms with Crippen molar-refractivity contribution < 1.29 is 29.0 Å². The van der Waals surface area contributed by atoms with Gasteiger partial charge in [-0.3, -0.25) is 19.6 Å². The summed E-state index contributed by atoms with van der Waals surface area (Å²) in [5.41, 5.74) is 4.45. The summed E-state index contributed by atoms with van der Waals surface area (Å²) in [5, 5.41) is 15.8. The van der Waals surface area contributed by atoms with Crippen molar-refractivity contribution >= 4 is 23.8 Å². The van der Waals surface area contributed by atoms with Crippen LogP contribution in [0.5, 0.6) is 0 Å². The number of hydrogen-bond donors (Lipinski definition) is 2. The highest BCUT2D eigenvalue weighted by Gasteiger charge is 2.30. The second-order valence-electron chi connectivity index (χ2n) is 8.13. The van der Waals surface area contributed by atoms with Gasteiger partial charge in [0.2, 0.25) is 0 Å². The predicted molar refractivity (Wildman–Crippen MR) is 127 cm³/mol. The SMILES string of the molecule is COCCN(CC(=O)O)C(=O)c1cn(C)nc1NC(=O)OCC1c2ccccc2-c2ccccc21. The second-order valence-corrected chi connectivity index (χ2v) is 8.13. The van der Waals surface area contributed by atoms with E-state index < -0.39 is 24.5 Å². The molecule has 3 aromatic rings. The zero-order valence-corrected chi connectivity index (χ0v) is 19.4. The fourth-order valence-corrected chi connectivity index (χ4v) is 4.26. The Hall–Kier alpha value is -4.18. The van der Waals surface area contributed by atoms with Gasteiger partial charge in [-0.25, -0.2) is 4.79 Å². The summed E-state index contributed by atoms with van der Waals surface area (Å²) < 4.78 is 11.9. The number of carboxylic acid groups (broad SMARTS) is 1. The number of aryl methyl sites for hydroxylation is 1. The van der Waals surface area contributed by atoms with Crippen LogP contribution in [0.3, 0.4) is 0 Å². The highest BCUT2D eigenvalue weighted by atomic mass is 16.5. The molecule has 2 aromatic carbocycles. The average Bonchev–Trinajstić information content (AvgIpc) is 3.37. The van der Waals surface area contributed by atoms with E-state index >= 15 is 0 Å². The average molecular weight is 479 g/mol. The minimum atomic E-state index is -1.16. The van der Waals surface area contributed by atoms with Crippen molar-refractivity contribution in [2.45, 2.75) is 5.92 Å². The van der Waals surface area contributed by atoms with Crippen LogP contribution in [0.1, 0.15) is 27.4 Å². The molecule has 0 atom stereocenters. The van der Waals surface area contributed by atoms with E-state index in [0.717, 1.165) is 27.2 Å². The topological polar surface area (TPSA) is 123 Å². The number of nitrogens with one attached hydrogen (secondary N) is 1. The fourth-order valence-electron chi connectivity index (χ4n) is 4.26. The van der Waals surface area contributed by atoms with Crippen molar-refractivity contribution in [3.8, 4) is 11.1 Å². The fraction of sp³-hybridized carbons (Fsp3) is 0.280. The van der Waals surface area contributed by atoms with Gasteiger partial charge in [0.25, 0.3) is 5.91 Å². The molecular formula is C25H26N4O6. The first-order valence-corrected chi connectivity index (χ1v) is 11.0. The molecule has 0 saturated heterocycles. The highest BCUT2D eigenvalue weighted by Crippen LogP contribution is 2.44. The monoisotopic (exact) mass is 478 g/mol. The minimum absolute atomic E-state index is 0.0115. The number of anilines is 1. The standard InChI is InChI=1S/C25H26N4O6/c1-28-13-20(24(32)29(11-12-34-2)14-22(30)31)23(27-28)26-25(33)35-15-21-18-9-5-3-7-16(18)17-8-4-6-10-19(17)21/h3-10,13,21H,11-12,14-15H2,1-2H3,(H,30,31)(H,26,27,33). The number of methoxy groups -OCH3 is 1. The van der Waals surface area contributed by atoms with Gasteiger partial charge in [0, 0.05) is 32.8 Å². The summed E-state index contributed by atoms with van der Waals surface area (Å²) in [5.74, 6) is -1.88. The van der Waals surface area contributed by atoms with Gasteiger partial charge in [0.05, 0.1) is 6.61 Å². The van der Waals surface area contributed by atoms with Crippen LogP contribution in [0.25, 0.3) is 11.1 Å². The molecule has 0 spiro atoms. The molecule has 4 rings (SSSR count). The van der Waals surface area contributed by atoms with Gasteiger partial charge in [-0.2, -0.15) is 5.10 Å². The van der Waals surface area contributed by atoms with Crippen LogP contribution in [0.4, 0.5) is 10.6 Å². The van der Waals surface area contributed by atoms with Gasteiger partial charge in [-0.1, -0.05) is 48.5 Å². The lowest BCUT2D eigenvalue weighted by atomic mass is 9.98. The number of amides is 2. The summed E-state index contributed by atoms with van der Waals surface area (Å²) in [7, 11) is 3.05. The Morgan fingerprint density at radius 3 is 2.31 bits per heavy atom. The molecular weight excluding hydrogens is 452 g/mol. The molecule has 1 aromatic heterocycles. The Balaban J connectivity index is 1.47. The van der Waals surface area contributed by atoms with E-state index in [1.165, 1.54) is 18.0 Å². The number of rotatable bonds is 9. The number of fused-ring (bicyclic) bond motifs is 3. The number of benzene rings is 2. The van der Waals surface area contributed by atoms with E-state index in [9.17, 15) is 14.4 Å². The Morgan fingerprint density at radius 1 is 1.09 bits per heavy atom. The number of carbonyl (C=O) groups excluding carboxylic acids is 2. The molecule has 0 aliphatic heterocycles. The van der Waals surface area contributed by atoms with Crippen LogP contribution in [0.2, 0.25) is 0 Å². The van der Waals surface area contributed by atoms with Gasteiger partial charge in [-0.15, -0.1) is 0 Å². The van der Waals surface area contributed by atoms with Gasteiger partial charge >= 0.3 is 12.1 Å². The van der Waals surface area contributed by atoms with Gasteiger partial charge in [0.1, 0.15) is 18.7 Å². The number of aromatic nitrogens is 2. The largest absolute Gasteiger partial charge is 0.480 e. The quantitative estimate of drug-likeness (QED) is 0.485. The maximum Gasteiger partial charge on any atom is 0.412 e. The Labute approximate surface area is 202 Å². The maximum absolute atomic E-state index is 13.0. The highest BCUT2D eigenvalue weighted by molar-refractivity contribution is 6.02. The van der Waals surface area contributed by atoms with Crippen LogP contribution in [-0.4, -0.2) is 71.2 Å². The molecule has 182 valence electrons. The summed E-state index contributed by atoms with van der Waals surface area (Å²) >= 11 is 0. The van der Waals surface area contributed by atoms with Crippen molar-refractivity contribution in [1.29, 1.82) is 0 Å². The number of carbonyl (C=O) groups is 3. The lowest BCUT2D eigenvalue weighted by Crippen LogP contribution is -2.38. The van der Waals surface area contributed by atoms with Crippen molar-refractivity contribution in [2.24, 2.45) is 7.05 Å². The van der Waals surface area contributed by atoms with Crippen molar-refractivity contribution in [2.75, 3.05) is 38.7 Å². The molecule has 2 N–H and O–H groups in total. The summed E-state index contributed by atoms with van der Waals surface area (Å²) in [6, 6.07) is 16.0. The number of aliphatic carboxylic acids is 1. The number of carboxylic acids is 1.